The number of phenols is 2. The lowest BCUT2D eigenvalue weighted by atomic mass is 10.0. The second-order valence-electron chi connectivity index (χ2n) is 5.33. The molecule has 0 aliphatic rings. The Morgan fingerprint density at radius 3 is 2.57 bits per heavy atom. The molecule has 1 rings (SSSR count). The molecule has 0 radical (unpaired) electrons. The number of aliphatic hydroxyl groups is 1. The van der Waals surface area contributed by atoms with Crippen molar-refractivity contribution in [3.63, 3.8) is 0 Å². The minimum Gasteiger partial charge on any atom is -0.508 e. The smallest absolute Gasteiger partial charge is 0.350 e. The van der Waals surface area contributed by atoms with Crippen LogP contribution in [-0.2, 0) is 4.79 Å². The Kier molecular flexibility index (Phi) is 5.77. The van der Waals surface area contributed by atoms with Gasteiger partial charge in [-0.3, -0.25) is 11.1 Å². The average Bonchev–Trinajstić information content (AvgIpc) is 2.45. The number of nitrogens with one attached hydrogen (secondary N) is 1. The van der Waals surface area contributed by atoms with E-state index in [0.29, 0.717) is 5.56 Å². The third-order valence-electron chi connectivity index (χ3n) is 3.57. The number of carbonyl (C=O) groups is 1. The van der Waals surface area contributed by atoms with Crippen molar-refractivity contribution in [1.29, 1.82) is 5.41 Å². The number of carboxylic acids is 1. The molecule has 2 atom stereocenters. The van der Waals surface area contributed by atoms with Gasteiger partial charge in [-0.05, 0) is 31.5 Å². The molecule has 0 aliphatic heterocycles. The summed E-state index contributed by atoms with van der Waals surface area (Å²) in [7, 11) is 0. The average molecular weight is 326 g/mol. The highest BCUT2D eigenvalue weighted by molar-refractivity contribution is 5.76. The van der Waals surface area contributed by atoms with Gasteiger partial charge in [0.15, 0.2) is 5.96 Å². The molecule has 0 saturated heterocycles. The van der Waals surface area contributed by atoms with Crippen molar-refractivity contribution in [3.05, 3.63) is 23.8 Å². The van der Waals surface area contributed by atoms with Gasteiger partial charge >= 0.3 is 5.97 Å². The number of phenolic OH excluding ortho intramolecular Hbond substituents is 2. The van der Waals surface area contributed by atoms with Crippen LogP contribution in [0.2, 0.25) is 0 Å². The number of benzene rings is 1. The lowest BCUT2D eigenvalue weighted by Gasteiger charge is -2.31. The van der Waals surface area contributed by atoms with Crippen LogP contribution < -0.4 is 11.5 Å². The molecule has 23 heavy (non-hydrogen) atoms. The van der Waals surface area contributed by atoms with Crippen LogP contribution in [0.25, 0.3) is 0 Å². The van der Waals surface area contributed by atoms with Crippen molar-refractivity contribution >= 4 is 11.9 Å². The predicted molar refractivity (Wildman–Crippen MR) is 82.8 cm³/mol. The van der Waals surface area contributed by atoms with Crippen molar-refractivity contribution in [2.75, 3.05) is 6.54 Å². The van der Waals surface area contributed by atoms with E-state index in [2.05, 4.69) is 0 Å². The van der Waals surface area contributed by atoms with Crippen LogP contribution in [0.15, 0.2) is 18.2 Å². The van der Waals surface area contributed by atoms with E-state index in [4.69, 9.17) is 22.0 Å². The maximum absolute atomic E-state index is 10.8. The molecule has 0 amide bonds. The quantitative estimate of drug-likeness (QED) is 0.157. The maximum Gasteiger partial charge on any atom is 0.350 e. The standard InChI is InChI=1S/C14H22N4O5/c1-8(10-7-9(19)3-4-11(10)20)18(13(15)16)6-2-5-14(17,23)12(21)22/h3-4,7-8,19-20,23H,2,5-6,17H2,1H3,(H3,15,16)(H,21,22). The molecular weight excluding hydrogens is 304 g/mol. The molecule has 1 aromatic rings. The van der Waals surface area contributed by atoms with Crippen molar-refractivity contribution in [2.24, 2.45) is 11.5 Å². The third-order valence-corrected chi connectivity index (χ3v) is 3.57. The monoisotopic (exact) mass is 326 g/mol. The Labute approximate surface area is 133 Å². The van der Waals surface area contributed by atoms with E-state index >= 15 is 0 Å². The summed E-state index contributed by atoms with van der Waals surface area (Å²) in [4.78, 5) is 12.1. The normalized spacial score (nSPS) is 14.7. The van der Waals surface area contributed by atoms with E-state index in [1.807, 2.05) is 0 Å². The van der Waals surface area contributed by atoms with Crippen LogP contribution in [0.3, 0.4) is 0 Å². The van der Waals surface area contributed by atoms with Crippen LogP contribution >= 0.6 is 0 Å². The predicted octanol–water partition coefficient (Wildman–Crippen LogP) is -0.134. The molecule has 9 nitrogen and oxygen atoms in total. The second kappa shape index (κ2) is 7.16. The molecule has 2 unspecified atom stereocenters. The molecule has 9 heteroatoms. The van der Waals surface area contributed by atoms with Gasteiger partial charge in [0.05, 0.1) is 6.04 Å². The molecule has 0 saturated carbocycles. The molecule has 0 fully saturated rings. The highest BCUT2D eigenvalue weighted by atomic mass is 16.4. The van der Waals surface area contributed by atoms with Gasteiger partial charge in [-0.25, -0.2) is 4.79 Å². The van der Waals surface area contributed by atoms with Crippen molar-refractivity contribution < 1.29 is 25.2 Å². The minimum absolute atomic E-state index is 0.0460. The molecular formula is C14H22N4O5. The minimum atomic E-state index is -2.35. The van der Waals surface area contributed by atoms with Gasteiger partial charge in [-0.2, -0.15) is 0 Å². The SMILES string of the molecule is CC(c1cc(O)ccc1O)N(CCCC(N)(O)C(=O)O)C(=N)N. The topological polar surface area (TPSA) is 177 Å². The number of aliphatic carboxylic acids is 1. The molecule has 1 aromatic carbocycles. The second-order valence-corrected chi connectivity index (χ2v) is 5.33. The molecule has 0 bridgehead atoms. The summed E-state index contributed by atoms with van der Waals surface area (Å²) < 4.78 is 0. The van der Waals surface area contributed by atoms with Crippen molar-refractivity contribution in [2.45, 2.75) is 31.5 Å². The highest BCUT2D eigenvalue weighted by Gasteiger charge is 2.30. The van der Waals surface area contributed by atoms with E-state index in [1.165, 1.54) is 23.1 Å². The summed E-state index contributed by atoms with van der Waals surface area (Å²) in [5, 5.41) is 45.3. The Hall–Kier alpha value is -2.52. The Bertz CT molecular complexity index is 591. The van der Waals surface area contributed by atoms with Crippen LogP contribution in [0.4, 0.5) is 0 Å². The summed E-state index contributed by atoms with van der Waals surface area (Å²) in [6.07, 6.45) is -0.0757. The van der Waals surface area contributed by atoms with Gasteiger partial charge in [0.1, 0.15) is 11.5 Å². The first kappa shape index (κ1) is 18.5. The zero-order chi connectivity index (χ0) is 17.8. The highest BCUT2D eigenvalue weighted by Crippen LogP contribution is 2.31. The number of aromatic hydroxyl groups is 2. The molecule has 0 aliphatic carbocycles. The Morgan fingerprint density at radius 1 is 1.43 bits per heavy atom. The zero-order valence-electron chi connectivity index (χ0n) is 12.7. The number of rotatable bonds is 7. The van der Waals surface area contributed by atoms with Gasteiger partial charge in [0, 0.05) is 18.5 Å². The first-order valence-corrected chi connectivity index (χ1v) is 6.93. The van der Waals surface area contributed by atoms with E-state index in [0.717, 1.165) is 0 Å². The lowest BCUT2D eigenvalue weighted by molar-refractivity contribution is -0.158. The van der Waals surface area contributed by atoms with E-state index < -0.39 is 17.7 Å². The van der Waals surface area contributed by atoms with Crippen LogP contribution in [0.5, 0.6) is 11.5 Å². The molecule has 9 N–H and O–H groups in total. The summed E-state index contributed by atoms with van der Waals surface area (Å²) in [6.45, 7) is 1.81. The number of nitrogens with two attached hydrogens (primary N) is 2. The zero-order valence-corrected chi connectivity index (χ0v) is 12.7. The summed E-state index contributed by atoms with van der Waals surface area (Å²) in [6, 6.07) is 3.45. The first-order chi connectivity index (χ1) is 10.6. The summed E-state index contributed by atoms with van der Waals surface area (Å²) >= 11 is 0. The van der Waals surface area contributed by atoms with Crippen molar-refractivity contribution in [3.8, 4) is 11.5 Å². The van der Waals surface area contributed by atoms with Crippen molar-refractivity contribution in [1.82, 2.24) is 4.90 Å². The maximum atomic E-state index is 10.8. The Balaban J connectivity index is 2.84. The van der Waals surface area contributed by atoms with Gasteiger partial charge in [-0.15, -0.1) is 0 Å². The van der Waals surface area contributed by atoms with E-state index in [1.54, 1.807) is 6.92 Å². The number of carboxylic acid groups (broad SMARTS) is 1. The number of hydrogen-bond acceptors (Lipinski definition) is 6. The fourth-order valence-corrected chi connectivity index (χ4v) is 2.19. The molecule has 0 spiro atoms. The van der Waals surface area contributed by atoms with Crippen LogP contribution in [0, 0.1) is 5.41 Å². The van der Waals surface area contributed by atoms with Crippen LogP contribution in [0.1, 0.15) is 31.4 Å². The summed E-state index contributed by atoms with van der Waals surface area (Å²) in [5.41, 5.74) is 8.77. The largest absolute Gasteiger partial charge is 0.508 e. The van der Waals surface area contributed by atoms with E-state index in [9.17, 15) is 20.1 Å². The van der Waals surface area contributed by atoms with Crippen LogP contribution in [-0.4, -0.2) is 49.5 Å². The molecule has 128 valence electrons. The number of hydrogen-bond donors (Lipinski definition) is 7. The van der Waals surface area contributed by atoms with Gasteiger partial charge in [-0.1, -0.05) is 0 Å². The van der Waals surface area contributed by atoms with Gasteiger partial charge in [0.2, 0.25) is 5.72 Å². The van der Waals surface area contributed by atoms with Gasteiger partial charge < -0.3 is 31.1 Å². The Morgan fingerprint density at radius 2 is 2.04 bits per heavy atom. The van der Waals surface area contributed by atoms with Gasteiger partial charge in [0.25, 0.3) is 0 Å². The molecule has 0 aromatic heterocycles. The number of guanidine groups is 1. The first-order valence-electron chi connectivity index (χ1n) is 6.93. The molecule has 0 heterocycles. The lowest BCUT2D eigenvalue weighted by Crippen LogP contribution is -2.48. The fourth-order valence-electron chi connectivity index (χ4n) is 2.19. The fraction of sp³-hybridized carbons (Fsp3) is 0.429. The number of nitrogens with zero attached hydrogens (tertiary/aromatic N) is 1. The third kappa shape index (κ3) is 4.73. The summed E-state index contributed by atoms with van der Waals surface area (Å²) in [5.74, 6) is -1.94. The van der Waals surface area contributed by atoms with E-state index in [-0.39, 0.29) is 36.8 Å².